The van der Waals surface area contributed by atoms with Gasteiger partial charge in [-0.2, -0.15) is 0 Å². The second-order valence-corrected chi connectivity index (χ2v) is 7.84. The number of hydrogen-bond donors (Lipinski definition) is 1. The smallest absolute Gasteiger partial charge is 0.408 e. The summed E-state index contributed by atoms with van der Waals surface area (Å²) < 4.78 is 11.2. The van der Waals surface area contributed by atoms with Crippen molar-refractivity contribution in [1.82, 2.24) is 5.32 Å². The highest BCUT2D eigenvalue weighted by molar-refractivity contribution is 5.68. The van der Waals surface area contributed by atoms with Crippen LogP contribution in [0.5, 0.6) is 0 Å². The van der Waals surface area contributed by atoms with E-state index < -0.39 is 11.7 Å². The Balaban J connectivity index is 2.94. The third-order valence-corrected chi connectivity index (χ3v) is 3.03. The summed E-state index contributed by atoms with van der Waals surface area (Å²) in [5.41, 5.74) is -0.693. The summed E-state index contributed by atoms with van der Waals surface area (Å²) in [5.74, 6) is 2.00. The summed E-state index contributed by atoms with van der Waals surface area (Å²) in [5, 5.41) is 2.93. The van der Waals surface area contributed by atoms with Gasteiger partial charge in [0, 0.05) is 5.92 Å². The second-order valence-electron chi connectivity index (χ2n) is 7.84. The molecule has 120 valence electrons. The molecule has 1 aromatic rings. The van der Waals surface area contributed by atoms with Gasteiger partial charge >= 0.3 is 6.09 Å². The molecule has 0 aliphatic carbocycles. The first-order valence-electron chi connectivity index (χ1n) is 7.49. The number of carbonyl (C=O) groups is 1. The Kier molecular flexibility index (Phi) is 5.13. The van der Waals surface area contributed by atoms with E-state index in [0.717, 1.165) is 11.5 Å². The van der Waals surface area contributed by atoms with Crippen LogP contribution in [0.15, 0.2) is 16.5 Å². The minimum Gasteiger partial charge on any atom is -0.464 e. The quantitative estimate of drug-likeness (QED) is 0.852. The molecule has 1 amide bonds. The molecule has 0 aliphatic heterocycles. The molecule has 0 spiro atoms. The Labute approximate surface area is 128 Å². The summed E-state index contributed by atoms with van der Waals surface area (Å²) in [4.78, 5) is 12.1. The van der Waals surface area contributed by atoms with Crippen LogP contribution in [0.1, 0.15) is 78.9 Å². The van der Waals surface area contributed by atoms with Gasteiger partial charge in [0.2, 0.25) is 0 Å². The van der Waals surface area contributed by atoms with E-state index in [-0.39, 0.29) is 11.5 Å². The lowest BCUT2D eigenvalue weighted by Crippen LogP contribution is -2.39. The molecule has 0 saturated carbocycles. The molecule has 0 unspecified atom stereocenters. The number of alkyl carbamates (subject to hydrolysis) is 1. The monoisotopic (exact) mass is 295 g/mol. The summed E-state index contributed by atoms with van der Waals surface area (Å²) in [6.45, 7) is 15.9. The van der Waals surface area contributed by atoms with E-state index in [9.17, 15) is 4.79 Å². The maximum absolute atomic E-state index is 12.1. The van der Waals surface area contributed by atoms with E-state index in [1.807, 2.05) is 32.9 Å². The van der Waals surface area contributed by atoms with E-state index in [0.29, 0.717) is 5.92 Å². The van der Waals surface area contributed by atoms with Gasteiger partial charge in [0.1, 0.15) is 17.1 Å². The molecule has 1 aromatic heterocycles. The van der Waals surface area contributed by atoms with Crippen LogP contribution in [-0.4, -0.2) is 11.7 Å². The van der Waals surface area contributed by atoms with E-state index in [1.165, 1.54) is 0 Å². The van der Waals surface area contributed by atoms with Crippen LogP contribution in [0.4, 0.5) is 4.79 Å². The first-order chi connectivity index (χ1) is 9.40. The Morgan fingerprint density at radius 3 is 2.00 bits per heavy atom. The van der Waals surface area contributed by atoms with Crippen LogP contribution in [-0.2, 0) is 4.74 Å². The lowest BCUT2D eigenvalue weighted by atomic mass is 9.85. The average Bonchev–Trinajstić information content (AvgIpc) is 2.70. The van der Waals surface area contributed by atoms with Crippen LogP contribution >= 0.6 is 0 Å². The van der Waals surface area contributed by atoms with Crippen molar-refractivity contribution in [3.63, 3.8) is 0 Å². The molecule has 4 nitrogen and oxygen atoms in total. The van der Waals surface area contributed by atoms with Crippen LogP contribution in [0.3, 0.4) is 0 Å². The van der Waals surface area contributed by atoms with Crippen LogP contribution in [0.25, 0.3) is 0 Å². The highest BCUT2D eigenvalue weighted by Crippen LogP contribution is 2.35. The molecule has 0 bridgehead atoms. The number of rotatable bonds is 3. The molecule has 0 radical (unpaired) electrons. The molecule has 1 heterocycles. The van der Waals surface area contributed by atoms with Gasteiger partial charge in [-0.15, -0.1) is 0 Å². The summed E-state index contributed by atoms with van der Waals surface area (Å²) in [7, 11) is 0. The van der Waals surface area contributed by atoms with Crippen molar-refractivity contribution >= 4 is 6.09 Å². The first kappa shape index (κ1) is 17.6. The molecule has 1 atom stereocenters. The predicted molar refractivity (Wildman–Crippen MR) is 84.4 cm³/mol. The minimum absolute atomic E-state index is 0.178. The SMILES string of the molecule is CC(C)c1ccc([C@H](NC(=O)OC(C)(C)C)C(C)(C)C)o1. The molecule has 0 aromatic carbocycles. The van der Waals surface area contributed by atoms with Gasteiger partial charge in [-0.1, -0.05) is 34.6 Å². The van der Waals surface area contributed by atoms with Gasteiger partial charge in [-0.3, -0.25) is 0 Å². The van der Waals surface area contributed by atoms with Gasteiger partial charge in [0.05, 0.1) is 6.04 Å². The molecule has 1 N–H and O–H groups in total. The maximum Gasteiger partial charge on any atom is 0.408 e. The van der Waals surface area contributed by atoms with Crippen molar-refractivity contribution in [2.24, 2.45) is 5.41 Å². The van der Waals surface area contributed by atoms with E-state index in [1.54, 1.807) is 0 Å². The van der Waals surface area contributed by atoms with Crippen molar-refractivity contribution in [2.75, 3.05) is 0 Å². The molecule has 0 saturated heterocycles. The topological polar surface area (TPSA) is 51.5 Å². The van der Waals surface area contributed by atoms with E-state index in [2.05, 4.69) is 39.9 Å². The highest BCUT2D eigenvalue weighted by Gasteiger charge is 2.32. The zero-order valence-corrected chi connectivity index (χ0v) is 14.5. The highest BCUT2D eigenvalue weighted by atomic mass is 16.6. The van der Waals surface area contributed by atoms with Crippen molar-refractivity contribution in [1.29, 1.82) is 0 Å². The minimum atomic E-state index is -0.515. The van der Waals surface area contributed by atoms with Crippen molar-refractivity contribution in [3.05, 3.63) is 23.7 Å². The number of amides is 1. The van der Waals surface area contributed by atoms with Crippen LogP contribution < -0.4 is 5.32 Å². The van der Waals surface area contributed by atoms with Gasteiger partial charge in [-0.05, 0) is 38.3 Å². The van der Waals surface area contributed by atoms with Crippen LogP contribution in [0.2, 0.25) is 0 Å². The predicted octanol–water partition coefficient (Wildman–Crippen LogP) is 5.01. The second kappa shape index (κ2) is 6.12. The van der Waals surface area contributed by atoms with E-state index >= 15 is 0 Å². The van der Waals surface area contributed by atoms with Gasteiger partial charge in [-0.25, -0.2) is 4.79 Å². The van der Waals surface area contributed by atoms with Crippen LogP contribution in [0, 0.1) is 5.41 Å². The number of nitrogens with one attached hydrogen (secondary N) is 1. The zero-order valence-electron chi connectivity index (χ0n) is 14.5. The average molecular weight is 295 g/mol. The fourth-order valence-corrected chi connectivity index (χ4v) is 1.97. The molecule has 0 fully saturated rings. The van der Waals surface area contributed by atoms with Crippen molar-refractivity contribution in [3.8, 4) is 0 Å². The standard InChI is InChI=1S/C17H29NO3/c1-11(2)12-9-10-13(20-12)14(16(3,4)5)18-15(19)21-17(6,7)8/h9-11,14H,1-8H3,(H,18,19)/t14-/m0/s1. The molecule has 0 aliphatic rings. The molecule has 1 rings (SSSR count). The molecular weight excluding hydrogens is 266 g/mol. The lowest BCUT2D eigenvalue weighted by molar-refractivity contribution is 0.0449. The van der Waals surface area contributed by atoms with Gasteiger partial charge in [0.15, 0.2) is 0 Å². The largest absolute Gasteiger partial charge is 0.464 e. The first-order valence-corrected chi connectivity index (χ1v) is 7.49. The Morgan fingerprint density at radius 2 is 1.62 bits per heavy atom. The molecule has 4 heteroatoms. The third-order valence-electron chi connectivity index (χ3n) is 3.03. The number of furan rings is 1. The zero-order chi connectivity index (χ0) is 16.4. The normalized spacial score (nSPS) is 14.1. The van der Waals surface area contributed by atoms with Gasteiger partial charge < -0.3 is 14.5 Å². The molecule has 21 heavy (non-hydrogen) atoms. The summed E-state index contributed by atoms with van der Waals surface area (Å²) in [6, 6.07) is 3.66. The van der Waals surface area contributed by atoms with Crippen molar-refractivity contribution in [2.45, 2.75) is 73.0 Å². The van der Waals surface area contributed by atoms with Crippen molar-refractivity contribution < 1.29 is 13.9 Å². The van der Waals surface area contributed by atoms with Gasteiger partial charge in [0.25, 0.3) is 0 Å². The fraction of sp³-hybridized carbons (Fsp3) is 0.706. The Hall–Kier alpha value is -1.45. The van der Waals surface area contributed by atoms with E-state index in [4.69, 9.17) is 9.15 Å². The fourth-order valence-electron chi connectivity index (χ4n) is 1.97. The maximum atomic E-state index is 12.1. The Bertz CT molecular complexity index is 475. The number of carbonyl (C=O) groups excluding carboxylic acids is 1. The number of hydrogen-bond acceptors (Lipinski definition) is 3. The number of ether oxygens (including phenoxy) is 1. The lowest BCUT2D eigenvalue weighted by Gasteiger charge is -2.31. The third kappa shape index (κ3) is 5.44. The Morgan fingerprint density at radius 1 is 1.10 bits per heavy atom. The molecular formula is C17H29NO3. The summed E-state index contributed by atoms with van der Waals surface area (Å²) >= 11 is 0. The summed E-state index contributed by atoms with van der Waals surface area (Å²) in [6.07, 6.45) is -0.426.